The molecule has 0 saturated carbocycles. The van der Waals surface area contributed by atoms with Crippen LogP contribution < -0.4 is 16.0 Å². The Morgan fingerprint density at radius 2 is 2.39 bits per heavy atom. The van der Waals surface area contributed by atoms with E-state index in [4.69, 9.17) is 5.73 Å². The third-order valence-electron chi connectivity index (χ3n) is 4.03. The van der Waals surface area contributed by atoms with Gasteiger partial charge < -0.3 is 16.0 Å². The molecule has 1 aromatic heterocycles. The van der Waals surface area contributed by atoms with Crippen LogP contribution in [0.25, 0.3) is 0 Å². The summed E-state index contributed by atoms with van der Waals surface area (Å²) in [5, 5.41) is 2.95. The number of nitrogens with zero attached hydrogens (tertiary/aromatic N) is 2. The molecule has 2 unspecified atom stereocenters. The number of carbonyl (C=O) groups is 1. The molecule has 0 bridgehead atoms. The lowest BCUT2D eigenvalue weighted by Gasteiger charge is -2.36. The van der Waals surface area contributed by atoms with E-state index < -0.39 is 0 Å². The van der Waals surface area contributed by atoms with E-state index in [-0.39, 0.29) is 17.9 Å². The van der Waals surface area contributed by atoms with Crippen LogP contribution >= 0.6 is 0 Å². The summed E-state index contributed by atoms with van der Waals surface area (Å²) in [6, 6.07) is 2.15. The Kier molecular flexibility index (Phi) is 2.61. The number of hydrogen-bond acceptors (Lipinski definition) is 4. The number of amides is 1. The Balaban J connectivity index is 1.91. The summed E-state index contributed by atoms with van der Waals surface area (Å²) in [4.78, 5) is 18.4. The molecule has 0 spiro atoms. The highest BCUT2D eigenvalue weighted by Crippen LogP contribution is 2.31. The van der Waals surface area contributed by atoms with Gasteiger partial charge in [-0.05, 0) is 25.3 Å². The predicted octanol–water partition coefficient (Wildman–Crippen LogP) is 0.687. The van der Waals surface area contributed by atoms with E-state index in [1.165, 1.54) is 0 Å². The highest BCUT2D eigenvalue weighted by atomic mass is 16.2. The van der Waals surface area contributed by atoms with Crippen LogP contribution in [0.2, 0.25) is 0 Å². The van der Waals surface area contributed by atoms with E-state index in [0.717, 1.165) is 43.0 Å². The first-order valence-electron chi connectivity index (χ1n) is 6.43. The summed E-state index contributed by atoms with van der Waals surface area (Å²) in [5.41, 5.74) is 7.70. The zero-order valence-corrected chi connectivity index (χ0v) is 10.5. The van der Waals surface area contributed by atoms with E-state index >= 15 is 0 Å². The Morgan fingerprint density at radius 3 is 3.17 bits per heavy atom. The molecule has 3 heterocycles. The fourth-order valence-electron chi connectivity index (χ4n) is 2.92. The molecule has 3 N–H and O–H groups in total. The monoisotopic (exact) mass is 246 g/mol. The minimum absolute atomic E-state index is 0.114. The standard InChI is InChI=1S/C13H18N4O/c1-8-6-15-12(5-10(8)14)17-4-2-3-9-11(17)7-16-13(9)18/h5-6,9,11H,2-4,7H2,1H3,(H2,14,15)(H,16,18). The molecule has 18 heavy (non-hydrogen) atoms. The normalized spacial score (nSPS) is 26.9. The largest absolute Gasteiger partial charge is 0.398 e. The van der Waals surface area contributed by atoms with Crippen molar-refractivity contribution in [2.45, 2.75) is 25.8 Å². The Labute approximate surface area is 106 Å². The highest BCUT2D eigenvalue weighted by molar-refractivity contribution is 5.83. The molecule has 96 valence electrons. The first-order chi connectivity index (χ1) is 8.66. The summed E-state index contributed by atoms with van der Waals surface area (Å²) < 4.78 is 0. The van der Waals surface area contributed by atoms with E-state index in [9.17, 15) is 4.79 Å². The number of carbonyl (C=O) groups excluding carboxylic acids is 1. The van der Waals surface area contributed by atoms with Gasteiger partial charge in [-0.1, -0.05) is 0 Å². The maximum atomic E-state index is 11.7. The Bertz CT molecular complexity index is 488. The molecule has 2 aliphatic heterocycles. The fourth-order valence-corrected chi connectivity index (χ4v) is 2.92. The average molecular weight is 246 g/mol. The molecular weight excluding hydrogens is 228 g/mol. The van der Waals surface area contributed by atoms with Gasteiger partial charge in [0, 0.05) is 31.0 Å². The van der Waals surface area contributed by atoms with E-state index in [1.807, 2.05) is 13.0 Å². The summed E-state index contributed by atoms with van der Waals surface area (Å²) in [5.74, 6) is 1.19. The number of aryl methyl sites for hydroxylation is 1. The van der Waals surface area contributed by atoms with Gasteiger partial charge in [0.1, 0.15) is 5.82 Å². The Morgan fingerprint density at radius 1 is 1.56 bits per heavy atom. The number of anilines is 2. The number of fused-ring (bicyclic) bond motifs is 1. The Hall–Kier alpha value is -1.78. The van der Waals surface area contributed by atoms with Crippen molar-refractivity contribution in [3.05, 3.63) is 17.8 Å². The number of nitrogens with two attached hydrogens (primary N) is 1. The van der Waals surface area contributed by atoms with Gasteiger partial charge >= 0.3 is 0 Å². The van der Waals surface area contributed by atoms with Crippen LogP contribution in [-0.2, 0) is 4.79 Å². The smallest absolute Gasteiger partial charge is 0.225 e. The first-order valence-corrected chi connectivity index (χ1v) is 6.43. The minimum Gasteiger partial charge on any atom is -0.398 e. The molecule has 3 rings (SSSR count). The summed E-state index contributed by atoms with van der Waals surface area (Å²) in [6.07, 6.45) is 3.82. The number of hydrogen-bond donors (Lipinski definition) is 2. The zero-order valence-electron chi connectivity index (χ0n) is 10.5. The first kappa shape index (κ1) is 11.3. The molecule has 0 aliphatic carbocycles. The van der Waals surface area contributed by atoms with Gasteiger partial charge in [-0.25, -0.2) is 4.98 Å². The number of aromatic nitrogens is 1. The van der Waals surface area contributed by atoms with Crippen molar-refractivity contribution in [3.8, 4) is 0 Å². The topological polar surface area (TPSA) is 71.2 Å². The van der Waals surface area contributed by atoms with Crippen molar-refractivity contribution in [3.63, 3.8) is 0 Å². The second-order valence-electron chi connectivity index (χ2n) is 5.15. The summed E-state index contributed by atoms with van der Waals surface area (Å²) >= 11 is 0. The van der Waals surface area contributed by atoms with Gasteiger partial charge in [0.05, 0.1) is 12.0 Å². The average Bonchev–Trinajstić information content (AvgIpc) is 2.75. The van der Waals surface area contributed by atoms with E-state index in [0.29, 0.717) is 0 Å². The van der Waals surface area contributed by atoms with Crippen molar-refractivity contribution < 1.29 is 4.79 Å². The summed E-state index contributed by atoms with van der Waals surface area (Å²) in [7, 11) is 0. The van der Waals surface area contributed by atoms with Crippen molar-refractivity contribution in [1.82, 2.24) is 10.3 Å². The fraction of sp³-hybridized carbons (Fsp3) is 0.538. The highest BCUT2D eigenvalue weighted by Gasteiger charge is 2.41. The zero-order chi connectivity index (χ0) is 12.7. The maximum absolute atomic E-state index is 11.7. The van der Waals surface area contributed by atoms with Crippen LogP contribution in [0.1, 0.15) is 18.4 Å². The van der Waals surface area contributed by atoms with Gasteiger partial charge in [-0.3, -0.25) is 4.79 Å². The van der Waals surface area contributed by atoms with Gasteiger partial charge in [-0.15, -0.1) is 0 Å². The molecule has 1 amide bonds. The third kappa shape index (κ3) is 1.70. The lowest BCUT2D eigenvalue weighted by atomic mass is 9.91. The quantitative estimate of drug-likeness (QED) is 0.764. The van der Waals surface area contributed by atoms with E-state index in [1.54, 1.807) is 6.20 Å². The van der Waals surface area contributed by atoms with Gasteiger partial charge in [-0.2, -0.15) is 0 Å². The molecule has 5 heteroatoms. The number of piperidine rings is 1. The molecule has 2 fully saturated rings. The molecule has 2 atom stereocenters. The van der Waals surface area contributed by atoms with Crippen LogP contribution in [0.3, 0.4) is 0 Å². The van der Waals surface area contributed by atoms with Crippen LogP contribution in [0.4, 0.5) is 11.5 Å². The van der Waals surface area contributed by atoms with Crippen molar-refractivity contribution in [2.75, 3.05) is 23.7 Å². The number of nitrogens with one attached hydrogen (secondary N) is 1. The van der Waals surface area contributed by atoms with Gasteiger partial charge in [0.25, 0.3) is 0 Å². The second-order valence-corrected chi connectivity index (χ2v) is 5.15. The molecule has 0 aromatic carbocycles. The maximum Gasteiger partial charge on any atom is 0.225 e. The number of nitrogen functional groups attached to an aromatic ring is 1. The van der Waals surface area contributed by atoms with Gasteiger partial charge in [0.15, 0.2) is 0 Å². The van der Waals surface area contributed by atoms with Crippen LogP contribution in [0, 0.1) is 12.8 Å². The lowest BCUT2D eigenvalue weighted by Crippen LogP contribution is -2.46. The molecule has 0 radical (unpaired) electrons. The molecular formula is C13H18N4O. The third-order valence-corrected chi connectivity index (χ3v) is 4.03. The molecule has 2 saturated heterocycles. The number of rotatable bonds is 1. The minimum atomic E-state index is 0.114. The lowest BCUT2D eigenvalue weighted by molar-refractivity contribution is -0.122. The van der Waals surface area contributed by atoms with Crippen molar-refractivity contribution in [1.29, 1.82) is 0 Å². The van der Waals surface area contributed by atoms with E-state index in [2.05, 4.69) is 15.2 Å². The van der Waals surface area contributed by atoms with Crippen molar-refractivity contribution >= 4 is 17.4 Å². The van der Waals surface area contributed by atoms with Gasteiger partial charge in [0.2, 0.25) is 5.91 Å². The second kappa shape index (κ2) is 4.15. The summed E-state index contributed by atoms with van der Waals surface area (Å²) in [6.45, 7) is 3.62. The molecule has 1 aromatic rings. The molecule has 2 aliphatic rings. The van der Waals surface area contributed by atoms with Crippen LogP contribution in [-0.4, -0.2) is 30.0 Å². The van der Waals surface area contributed by atoms with Crippen LogP contribution in [0.15, 0.2) is 12.3 Å². The van der Waals surface area contributed by atoms with Crippen LogP contribution in [0.5, 0.6) is 0 Å². The molecule has 5 nitrogen and oxygen atoms in total. The predicted molar refractivity (Wildman–Crippen MR) is 70.3 cm³/mol. The number of pyridine rings is 1. The SMILES string of the molecule is Cc1cnc(N2CCCC3C(=O)NCC32)cc1N. The van der Waals surface area contributed by atoms with Crippen molar-refractivity contribution in [2.24, 2.45) is 5.92 Å².